The second-order valence-corrected chi connectivity index (χ2v) is 5.63. The summed E-state index contributed by atoms with van der Waals surface area (Å²) in [6, 6.07) is 12.4. The highest BCUT2D eigenvalue weighted by atomic mass is 16.1. The van der Waals surface area contributed by atoms with Gasteiger partial charge in [0, 0.05) is 12.8 Å². The summed E-state index contributed by atoms with van der Waals surface area (Å²) in [5, 5.41) is 0. The number of hydrogen-bond donors (Lipinski definition) is 0. The molecule has 2 rings (SSSR count). The first-order chi connectivity index (χ1) is 9.49. The van der Waals surface area contributed by atoms with Gasteiger partial charge in [-0.1, -0.05) is 36.4 Å². The van der Waals surface area contributed by atoms with Crippen LogP contribution in [-0.4, -0.2) is 5.78 Å². The summed E-state index contributed by atoms with van der Waals surface area (Å²) in [5.41, 5.74) is 7.20. The second-order valence-electron chi connectivity index (χ2n) is 5.63. The van der Waals surface area contributed by atoms with Crippen molar-refractivity contribution in [2.45, 2.75) is 40.5 Å². The van der Waals surface area contributed by atoms with Crippen LogP contribution < -0.4 is 0 Å². The first-order valence-corrected chi connectivity index (χ1v) is 7.11. The highest BCUT2D eigenvalue weighted by molar-refractivity contribution is 5.84. The summed E-state index contributed by atoms with van der Waals surface area (Å²) in [5.74, 6) is 0.291. The number of carbonyl (C=O) groups excluding carboxylic acids is 1. The average Bonchev–Trinajstić information content (AvgIpc) is 2.39. The van der Waals surface area contributed by atoms with Crippen LogP contribution in [0.4, 0.5) is 0 Å². The predicted molar refractivity (Wildman–Crippen MR) is 84.2 cm³/mol. The molecule has 0 aromatic heterocycles. The molecule has 0 saturated carbocycles. The largest absolute Gasteiger partial charge is 0.299 e. The van der Waals surface area contributed by atoms with Gasteiger partial charge < -0.3 is 0 Å². The molecule has 0 saturated heterocycles. The molecule has 0 N–H and O–H groups in total. The lowest BCUT2D eigenvalue weighted by atomic mass is 9.93. The number of ketones is 1. The maximum Gasteiger partial charge on any atom is 0.141 e. The molecule has 0 atom stereocenters. The molecule has 0 fully saturated rings. The summed E-state index contributed by atoms with van der Waals surface area (Å²) < 4.78 is 0. The van der Waals surface area contributed by atoms with Crippen molar-refractivity contribution in [2.24, 2.45) is 0 Å². The topological polar surface area (TPSA) is 17.1 Å². The van der Waals surface area contributed by atoms with E-state index in [0.717, 1.165) is 0 Å². The normalized spacial score (nSPS) is 10.6. The molecule has 0 spiro atoms. The SMILES string of the molecule is Cc1cccc(C)c1CC(=O)Cc1c(C)cccc1C. The number of rotatable bonds is 4. The van der Waals surface area contributed by atoms with E-state index in [4.69, 9.17) is 0 Å². The molecule has 1 heteroatoms. The van der Waals surface area contributed by atoms with Crippen molar-refractivity contribution in [1.29, 1.82) is 0 Å². The van der Waals surface area contributed by atoms with E-state index in [9.17, 15) is 4.79 Å². The molecule has 1 nitrogen and oxygen atoms in total. The van der Waals surface area contributed by atoms with E-state index in [1.54, 1.807) is 0 Å². The van der Waals surface area contributed by atoms with E-state index in [-0.39, 0.29) is 0 Å². The number of hydrogen-bond acceptors (Lipinski definition) is 1. The van der Waals surface area contributed by atoms with Gasteiger partial charge >= 0.3 is 0 Å². The zero-order valence-electron chi connectivity index (χ0n) is 12.8. The lowest BCUT2D eigenvalue weighted by Gasteiger charge is -2.11. The van der Waals surface area contributed by atoms with Crippen LogP contribution in [0.1, 0.15) is 33.4 Å². The molecule has 0 radical (unpaired) electrons. The summed E-state index contributed by atoms with van der Waals surface area (Å²) in [6.07, 6.45) is 1.07. The third-order valence-electron chi connectivity index (χ3n) is 4.04. The Morgan fingerprint density at radius 1 is 0.700 bits per heavy atom. The molecule has 20 heavy (non-hydrogen) atoms. The minimum absolute atomic E-state index is 0.291. The molecular weight excluding hydrogens is 244 g/mol. The minimum Gasteiger partial charge on any atom is -0.299 e. The Kier molecular flexibility index (Phi) is 4.39. The zero-order chi connectivity index (χ0) is 14.7. The van der Waals surface area contributed by atoms with Gasteiger partial charge in [0.25, 0.3) is 0 Å². The van der Waals surface area contributed by atoms with E-state index in [1.807, 2.05) is 12.1 Å². The van der Waals surface area contributed by atoms with Crippen molar-refractivity contribution < 1.29 is 4.79 Å². The van der Waals surface area contributed by atoms with Gasteiger partial charge in [-0.2, -0.15) is 0 Å². The lowest BCUT2D eigenvalue weighted by molar-refractivity contribution is -0.117. The van der Waals surface area contributed by atoms with E-state index < -0.39 is 0 Å². The molecule has 0 aliphatic heterocycles. The number of Topliss-reactive ketones (excluding diaryl/α,β-unsaturated/α-hetero) is 1. The summed E-state index contributed by atoms with van der Waals surface area (Å²) >= 11 is 0. The van der Waals surface area contributed by atoms with Crippen LogP contribution >= 0.6 is 0 Å². The average molecular weight is 266 g/mol. The zero-order valence-corrected chi connectivity index (χ0v) is 12.8. The molecule has 104 valence electrons. The Bertz CT molecular complexity index is 542. The fourth-order valence-electron chi connectivity index (χ4n) is 2.71. The fraction of sp³-hybridized carbons (Fsp3) is 0.316. The van der Waals surface area contributed by atoms with E-state index >= 15 is 0 Å². The first-order valence-electron chi connectivity index (χ1n) is 7.11. The summed E-state index contributed by atoms with van der Waals surface area (Å²) in [4.78, 5) is 12.4. The molecular formula is C19H22O. The van der Waals surface area contributed by atoms with Crippen molar-refractivity contribution in [1.82, 2.24) is 0 Å². The Labute approximate surface area is 121 Å². The Balaban J connectivity index is 2.18. The Morgan fingerprint density at radius 2 is 1.00 bits per heavy atom. The van der Waals surface area contributed by atoms with Crippen molar-refractivity contribution >= 4 is 5.78 Å². The number of carbonyl (C=O) groups is 1. The van der Waals surface area contributed by atoms with Crippen LogP contribution in [0, 0.1) is 27.7 Å². The van der Waals surface area contributed by atoms with Gasteiger partial charge in [-0.3, -0.25) is 4.79 Å². The van der Waals surface area contributed by atoms with Gasteiger partial charge in [-0.05, 0) is 61.1 Å². The fourth-order valence-corrected chi connectivity index (χ4v) is 2.71. The van der Waals surface area contributed by atoms with E-state index in [0.29, 0.717) is 18.6 Å². The van der Waals surface area contributed by atoms with Crippen molar-refractivity contribution in [3.63, 3.8) is 0 Å². The van der Waals surface area contributed by atoms with Gasteiger partial charge in [-0.25, -0.2) is 0 Å². The second kappa shape index (κ2) is 6.04. The monoisotopic (exact) mass is 266 g/mol. The highest BCUT2D eigenvalue weighted by Crippen LogP contribution is 2.18. The van der Waals surface area contributed by atoms with Crippen LogP contribution in [-0.2, 0) is 17.6 Å². The predicted octanol–water partition coefficient (Wildman–Crippen LogP) is 4.27. The van der Waals surface area contributed by atoms with Crippen molar-refractivity contribution in [3.05, 3.63) is 69.8 Å². The van der Waals surface area contributed by atoms with Crippen LogP contribution in [0.25, 0.3) is 0 Å². The molecule has 0 aliphatic rings. The van der Waals surface area contributed by atoms with Crippen LogP contribution in [0.5, 0.6) is 0 Å². The van der Waals surface area contributed by atoms with E-state index in [2.05, 4.69) is 52.0 Å². The van der Waals surface area contributed by atoms with Gasteiger partial charge in [0.2, 0.25) is 0 Å². The van der Waals surface area contributed by atoms with Gasteiger partial charge in [-0.15, -0.1) is 0 Å². The number of benzene rings is 2. The quantitative estimate of drug-likeness (QED) is 0.807. The lowest BCUT2D eigenvalue weighted by Crippen LogP contribution is -2.10. The van der Waals surface area contributed by atoms with Gasteiger partial charge in [0.1, 0.15) is 5.78 Å². The van der Waals surface area contributed by atoms with Gasteiger partial charge in [0.05, 0.1) is 0 Å². The highest BCUT2D eigenvalue weighted by Gasteiger charge is 2.12. The maximum atomic E-state index is 12.4. The summed E-state index contributed by atoms with van der Waals surface area (Å²) in [6.45, 7) is 8.31. The van der Waals surface area contributed by atoms with Crippen LogP contribution in [0.3, 0.4) is 0 Å². The summed E-state index contributed by atoms with van der Waals surface area (Å²) in [7, 11) is 0. The molecule has 0 aliphatic carbocycles. The Hall–Kier alpha value is -1.89. The molecule has 0 heterocycles. The van der Waals surface area contributed by atoms with Crippen LogP contribution in [0.2, 0.25) is 0 Å². The number of aryl methyl sites for hydroxylation is 4. The van der Waals surface area contributed by atoms with Gasteiger partial charge in [0.15, 0.2) is 0 Å². The third kappa shape index (κ3) is 3.16. The molecule has 0 bridgehead atoms. The third-order valence-corrected chi connectivity index (χ3v) is 4.04. The minimum atomic E-state index is 0.291. The smallest absolute Gasteiger partial charge is 0.141 e. The van der Waals surface area contributed by atoms with Crippen molar-refractivity contribution in [2.75, 3.05) is 0 Å². The Morgan fingerprint density at radius 3 is 1.30 bits per heavy atom. The maximum absolute atomic E-state index is 12.4. The molecule has 2 aromatic carbocycles. The van der Waals surface area contributed by atoms with Crippen molar-refractivity contribution in [3.8, 4) is 0 Å². The molecule has 0 amide bonds. The van der Waals surface area contributed by atoms with Crippen LogP contribution in [0.15, 0.2) is 36.4 Å². The first kappa shape index (κ1) is 14.5. The standard InChI is InChI=1S/C19H22O/c1-13-7-5-8-14(2)18(13)11-17(20)12-19-15(3)9-6-10-16(19)4/h5-10H,11-12H2,1-4H3. The molecule has 0 unspecified atom stereocenters. The molecule has 2 aromatic rings. The van der Waals surface area contributed by atoms with E-state index in [1.165, 1.54) is 33.4 Å².